The molecule has 15 heavy (non-hydrogen) atoms. The van der Waals surface area contributed by atoms with Gasteiger partial charge in [-0.1, -0.05) is 22.6 Å². The van der Waals surface area contributed by atoms with Crippen LogP contribution in [0.25, 0.3) is 0 Å². The number of nitrogen functional groups attached to an aromatic ring is 1. The number of nitrogens with one attached hydrogen (secondary N) is 1. The van der Waals surface area contributed by atoms with E-state index < -0.39 is 0 Å². The molecule has 0 aliphatic heterocycles. The molecule has 0 bridgehead atoms. The van der Waals surface area contributed by atoms with Gasteiger partial charge in [0.25, 0.3) is 5.95 Å². The minimum absolute atomic E-state index is 0.133. The van der Waals surface area contributed by atoms with Crippen LogP contribution in [0, 0.1) is 0 Å². The molecule has 3 N–H and O–H groups in total. The predicted octanol–water partition coefficient (Wildman–Crippen LogP) is 0.513. The Bertz CT molecular complexity index is 326. The average Bonchev–Trinajstić information content (AvgIpc) is 2.24. The Labute approximate surface area is 107 Å². The Morgan fingerprint density at radius 2 is 2.27 bits per heavy atom. The second kappa shape index (κ2) is 6.12. The summed E-state index contributed by atoms with van der Waals surface area (Å²) in [6.07, 6.45) is 0. The van der Waals surface area contributed by atoms with Gasteiger partial charge in [-0.3, -0.25) is 0 Å². The van der Waals surface area contributed by atoms with E-state index in [0.29, 0.717) is 11.9 Å². The highest BCUT2D eigenvalue weighted by atomic mass is 127. The van der Waals surface area contributed by atoms with Crippen LogP contribution in [0.5, 0.6) is 0 Å². The van der Waals surface area contributed by atoms with Gasteiger partial charge >= 0.3 is 0 Å². The fraction of sp³-hybridized carbons (Fsp3) is 0.500. The van der Waals surface area contributed by atoms with Gasteiger partial charge in [-0.25, -0.2) is 9.35 Å². The Morgan fingerprint density at radius 1 is 1.53 bits per heavy atom. The SMILES string of the molecule is CN(OS)c1nc(N)nc(NCCI)n1. The fourth-order valence-electron chi connectivity index (χ4n) is 0.796. The summed E-state index contributed by atoms with van der Waals surface area (Å²) in [6.45, 7) is 0.759. The molecule has 0 aliphatic rings. The zero-order chi connectivity index (χ0) is 11.3. The first-order valence-corrected chi connectivity index (χ1v) is 5.93. The van der Waals surface area contributed by atoms with Crippen molar-refractivity contribution in [2.75, 3.05) is 34.1 Å². The van der Waals surface area contributed by atoms with Crippen molar-refractivity contribution in [2.24, 2.45) is 0 Å². The smallest absolute Gasteiger partial charge is 0.257 e. The highest BCUT2D eigenvalue weighted by Crippen LogP contribution is 2.11. The molecule has 1 rings (SSSR count). The zero-order valence-electron chi connectivity index (χ0n) is 8.01. The molecule has 1 aromatic rings. The maximum atomic E-state index is 5.51. The lowest BCUT2D eigenvalue weighted by molar-refractivity contribution is 0.358. The molecule has 84 valence electrons. The molecule has 0 aliphatic carbocycles. The van der Waals surface area contributed by atoms with Gasteiger partial charge in [0, 0.05) is 30.9 Å². The highest BCUT2D eigenvalue weighted by molar-refractivity contribution is 14.1. The van der Waals surface area contributed by atoms with Crippen molar-refractivity contribution in [3.63, 3.8) is 0 Å². The number of hydrogen-bond donors (Lipinski definition) is 3. The molecule has 0 fully saturated rings. The average molecular weight is 342 g/mol. The molecule has 0 saturated carbocycles. The maximum Gasteiger partial charge on any atom is 0.257 e. The molecule has 0 unspecified atom stereocenters. The highest BCUT2D eigenvalue weighted by Gasteiger charge is 2.08. The second-order valence-electron chi connectivity index (χ2n) is 2.51. The van der Waals surface area contributed by atoms with Crippen LogP contribution in [0.2, 0.25) is 0 Å². The van der Waals surface area contributed by atoms with E-state index in [1.54, 1.807) is 7.05 Å². The number of anilines is 3. The zero-order valence-corrected chi connectivity index (χ0v) is 11.1. The van der Waals surface area contributed by atoms with Gasteiger partial charge < -0.3 is 11.1 Å². The van der Waals surface area contributed by atoms with E-state index in [1.165, 1.54) is 5.06 Å². The number of nitrogens with two attached hydrogens (primary N) is 1. The summed E-state index contributed by atoms with van der Waals surface area (Å²) in [5, 5.41) is 4.27. The van der Waals surface area contributed by atoms with Crippen molar-refractivity contribution in [3.8, 4) is 0 Å². The summed E-state index contributed by atoms with van der Waals surface area (Å²) in [6, 6.07) is 0. The van der Waals surface area contributed by atoms with Crippen LogP contribution in [0.4, 0.5) is 17.8 Å². The molecule has 0 amide bonds. The molecule has 1 aromatic heterocycles. The summed E-state index contributed by atoms with van der Waals surface area (Å²) in [7, 11) is 1.61. The molecule has 9 heteroatoms. The van der Waals surface area contributed by atoms with Gasteiger partial charge in [0.15, 0.2) is 0 Å². The number of alkyl halides is 1. The molecule has 0 spiro atoms. The van der Waals surface area contributed by atoms with Crippen molar-refractivity contribution >= 4 is 53.3 Å². The topological polar surface area (TPSA) is 89.2 Å². The summed E-state index contributed by atoms with van der Waals surface area (Å²) in [5.41, 5.74) is 5.51. The van der Waals surface area contributed by atoms with Crippen molar-refractivity contribution in [2.45, 2.75) is 0 Å². The maximum absolute atomic E-state index is 5.51. The first-order chi connectivity index (χ1) is 7.17. The van der Waals surface area contributed by atoms with Gasteiger partial charge in [-0.15, -0.1) is 0 Å². The first-order valence-electron chi connectivity index (χ1n) is 4.04. The number of hydroxylamine groups is 1. The number of nitrogens with zero attached hydrogens (tertiary/aromatic N) is 4. The summed E-state index contributed by atoms with van der Waals surface area (Å²) in [5.74, 6) is 0.855. The van der Waals surface area contributed by atoms with Crippen LogP contribution in [0.1, 0.15) is 0 Å². The number of halogens is 1. The van der Waals surface area contributed by atoms with E-state index >= 15 is 0 Å². The number of hydrogen-bond acceptors (Lipinski definition) is 8. The Hall–Kier alpha value is -0.550. The first kappa shape index (κ1) is 12.5. The number of rotatable bonds is 5. The van der Waals surface area contributed by atoms with Crippen molar-refractivity contribution in [1.82, 2.24) is 15.0 Å². The number of aromatic nitrogens is 3. The summed E-state index contributed by atoms with van der Waals surface area (Å²) >= 11 is 5.87. The molecular weight excluding hydrogens is 331 g/mol. The fourth-order valence-corrected chi connectivity index (χ4v) is 1.14. The van der Waals surface area contributed by atoms with Gasteiger partial charge in [-0.2, -0.15) is 15.0 Å². The second-order valence-corrected chi connectivity index (χ2v) is 3.75. The summed E-state index contributed by atoms with van der Waals surface area (Å²) < 4.78 is 5.58. The van der Waals surface area contributed by atoms with Crippen molar-refractivity contribution in [1.29, 1.82) is 0 Å². The molecule has 0 saturated heterocycles. The van der Waals surface area contributed by atoms with E-state index in [9.17, 15) is 0 Å². The normalized spacial score (nSPS) is 10.1. The van der Waals surface area contributed by atoms with E-state index in [1.807, 2.05) is 0 Å². The lowest BCUT2D eigenvalue weighted by Gasteiger charge is -2.13. The van der Waals surface area contributed by atoms with Crippen LogP contribution < -0.4 is 16.1 Å². The van der Waals surface area contributed by atoms with Gasteiger partial charge in [0.2, 0.25) is 11.9 Å². The molecule has 0 aromatic carbocycles. The quantitative estimate of drug-likeness (QED) is 0.236. The summed E-state index contributed by atoms with van der Waals surface area (Å²) in [4.78, 5) is 11.9. The Kier molecular flexibility index (Phi) is 5.11. The van der Waals surface area contributed by atoms with Crippen LogP contribution in [-0.2, 0) is 4.28 Å². The molecule has 0 atom stereocenters. The molecule has 1 heterocycles. The van der Waals surface area contributed by atoms with Crippen molar-refractivity contribution in [3.05, 3.63) is 0 Å². The van der Waals surface area contributed by atoms with Crippen molar-refractivity contribution < 1.29 is 4.28 Å². The van der Waals surface area contributed by atoms with Gasteiger partial charge in [-0.05, 0) is 0 Å². The Balaban J connectivity index is 2.84. The third-order valence-corrected chi connectivity index (χ3v) is 2.21. The Morgan fingerprint density at radius 3 is 2.87 bits per heavy atom. The largest absolute Gasteiger partial charge is 0.368 e. The predicted molar refractivity (Wildman–Crippen MR) is 70.1 cm³/mol. The lowest BCUT2D eigenvalue weighted by Crippen LogP contribution is -2.18. The van der Waals surface area contributed by atoms with Crippen LogP contribution in [0.15, 0.2) is 0 Å². The molecule has 7 nitrogen and oxygen atoms in total. The van der Waals surface area contributed by atoms with Gasteiger partial charge in [0.1, 0.15) is 0 Å². The lowest BCUT2D eigenvalue weighted by atomic mass is 10.7. The minimum atomic E-state index is 0.133. The van der Waals surface area contributed by atoms with Crippen LogP contribution in [-0.4, -0.2) is 33.0 Å². The molecule has 0 radical (unpaired) electrons. The monoisotopic (exact) mass is 342 g/mol. The van der Waals surface area contributed by atoms with Gasteiger partial charge in [0.05, 0.1) is 0 Å². The standard InChI is InChI=1S/C6H11IN6OS/c1-13(14-15)6-11-4(8)10-5(12-6)9-3-2-7/h15H,2-3H2,1H3,(H3,8,9,10,11,12). The van der Waals surface area contributed by atoms with E-state index in [4.69, 9.17) is 5.73 Å². The van der Waals surface area contributed by atoms with Crippen LogP contribution in [0.3, 0.4) is 0 Å². The van der Waals surface area contributed by atoms with E-state index in [-0.39, 0.29) is 5.95 Å². The minimum Gasteiger partial charge on any atom is -0.368 e. The molecular formula is C6H11IN6OS. The number of thiol groups is 1. The third kappa shape index (κ3) is 3.83. The van der Waals surface area contributed by atoms with E-state index in [0.717, 1.165) is 11.0 Å². The van der Waals surface area contributed by atoms with Crippen LogP contribution >= 0.6 is 35.5 Å². The van der Waals surface area contributed by atoms with E-state index in [2.05, 4.69) is 60.1 Å². The third-order valence-electron chi connectivity index (χ3n) is 1.42.